The number of nitriles is 1. The Balaban J connectivity index is 2.77. The van der Waals surface area contributed by atoms with Crippen LogP contribution >= 0.6 is 11.3 Å². The number of hydrogen-bond donors (Lipinski definition) is 0. The van der Waals surface area contributed by atoms with Crippen LogP contribution in [-0.4, -0.2) is 10.4 Å². The lowest BCUT2D eigenvalue weighted by molar-refractivity contribution is -0.120. The number of aryl methyl sites for hydroxylation is 1. The van der Waals surface area contributed by atoms with E-state index in [0.717, 1.165) is 11.1 Å². The van der Waals surface area contributed by atoms with E-state index in [1.807, 2.05) is 37.3 Å². The monoisotopic (exact) mass is 340 g/mol. The molecule has 5 heteroatoms. The maximum Gasteiger partial charge on any atom is 0.268 e. The van der Waals surface area contributed by atoms with Crippen LogP contribution in [0.25, 0.3) is 11.6 Å². The average Bonchev–Trinajstić information content (AvgIpc) is 2.76. The Morgan fingerprint density at radius 3 is 2.54 bits per heavy atom. The van der Waals surface area contributed by atoms with Crippen LogP contribution < -0.4 is 14.8 Å². The molecule has 0 N–H and O–H groups in total. The third-order valence-corrected chi connectivity index (χ3v) is 4.78. The number of thiazole rings is 1. The van der Waals surface area contributed by atoms with Gasteiger partial charge in [0.05, 0.1) is 4.53 Å². The molecule has 2 rings (SSSR count). The third kappa shape index (κ3) is 3.55. The van der Waals surface area contributed by atoms with E-state index in [0.29, 0.717) is 9.20 Å². The number of carbonyl (C=O) groups is 1. The Bertz CT molecular complexity index is 1010. The summed E-state index contributed by atoms with van der Waals surface area (Å²) in [6.07, 6.45) is 1.79. The number of ketones is 1. The summed E-state index contributed by atoms with van der Waals surface area (Å²) >= 11 is 1.18. The summed E-state index contributed by atoms with van der Waals surface area (Å²) in [5, 5.41) is 9.44. The number of rotatable bonds is 2. The van der Waals surface area contributed by atoms with Gasteiger partial charge in [-0.1, -0.05) is 50.6 Å². The van der Waals surface area contributed by atoms with Gasteiger partial charge < -0.3 is 4.57 Å². The summed E-state index contributed by atoms with van der Waals surface area (Å²) in [5.74, 6) is -0.260. The number of Topliss-reactive ketones (excluding diaryl/α,β-unsaturated/α-hetero) is 1. The van der Waals surface area contributed by atoms with Crippen molar-refractivity contribution in [2.24, 2.45) is 12.5 Å². The van der Waals surface area contributed by atoms with Crippen LogP contribution in [0.5, 0.6) is 0 Å². The number of hydrogen-bond acceptors (Lipinski definition) is 4. The van der Waals surface area contributed by atoms with E-state index >= 15 is 0 Å². The summed E-state index contributed by atoms with van der Waals surface area (Å²) in [6.45, 7) is 7.27. The van der Waals surface area contributed by atoms with Crippen LogP contribution in [-0.2, 0) is 11.8 Å². The van der Waals surface area contributed by atoms with Crippen LogP contribution in [0.15, 0.2) is 29.1 Å². The molecule has 0 spiro atoms. The Labute approximate surface area is 145 Å². The molecule has 0 amide bonds. The summed E-state index contributed by atoms with van der Waals surface area (Å²) in [4.78, 5) is 25.0. The first kappa shape index (κ1) is 17.9. The zero-order valence-electron chi connectivity index (χ0n) is 14.5. The van der Waals surface area contributed by atoms with Gasteiger partial charge in [-0.05, 0) is 18.6 Å². The predicted octanol–water partition coefficient (Wildman–Crippen LogP) is 1.87. The first-order valence-electron chi connectivity index (χ1n) is 7.58. The van der Waals surface area contributed by atoms with Crippen molar-refractivity contribution >= 4 is 28.8 Å². The van der Waals surface area contributed by atoms with Crippen molar-refractivity contribution in [1.29, 1.82) is 5.26 Å². The lowest BCUT2D eigenvalue weighted by atomic mass is 9.87. The van der Waals surface area contributed by atoms with Crippen molar-refractivity contribution < 1.29 is 4.79 Å². The number of aromatic nitrogens is 1. The highest BCUT2D eigenvalue weighted by Crippen LogP contribution is 2.19. The molecule has 0 radical (unpaired) electrons. The minimum Gasteiger partial charge on any atom is -0.301 e. The Morgan fingerprint density at radius 2 is 2.00 bits per heavy atom. The third-order valence-electron chi connectivity index (χ3n) is 3.60. The molecule has 1 aromatic heterocycles. The Morgan fingerprint density at radius 1 is 1.33 bits per heavy atom. The van der Waals surface area contributed by atoms with Gasteiger partial charge in [-0.2, -0.15) is 5.26 Å². The lowest BCUT2D eigenvalue weighted by Crippen LogP contribution is -2.32. The van der Waals surface area contributed by atoms with E-state index in [1.165, 1.54) is 15.9 Å². The van der Waals surface area contributed by atoms with Crippen LogP contribution in [0.2, 0.25) is 0 Å². The second-order valence-corrected chi connectivity index (χ2v) is 7.79. The SMILES string of the molecule is Cc1cccc(C=c2sc(=C(C#N)C(=O)C(C)(C)C)n(C)c2=O)c1. The Hall–Kier alpha value is -2.45. The van der Waals surface area contributed by atoms with Gasteiger partial charge in [0.25, 0.3) is 5.56 Å². The highest BCUT2D eigenvalue weighted by Gasteiger charge is 2.26. The normalized spacial score (nSPS) is 13.6. The van der Waals surface area contributed by atoms with Gasteiger partial charge in [-0.15, -0.1) is 11.3 Å². The molecule has 2 aromatic rings. The maximum absolute atomic E-state index is 12.5. The smallest absolute Gasteiger partial charge is 0.268 e. The van der Waals surface area contributed by atoms with Crippen LogP contribution in [0.3, 0.4) is 0 Å². The van der Waals surface area contributed by atoms with E-state index in [-0.39, 0.29) is 16.9 Å². The van der Waals surface area contributed by atoms with Crippen molar-refractivity contribution in [3.05, 3.63) is 54.9 Å². The molecule has 4 nitrogen and oxygen atoms in total. The van der Waals surface area contributed by atoms with Gasteiger partial charge in [-0.25, -0.2) is 0 Å². The van der Waals surface area contributed by atoms with Gasteiger partial charge in [0.1, 0.15) is 16.3 Å². The fraction of sp³-hybridized carbons (Fsp3) is 0.316. The number of carbonyl (C=O) groups excluding carboxylic acids is 1. The van der Waals surface area contributed by atoms with Crippen molar-refractivity contribution in [2.75, 3.05) is 0 Å². The fourth-order valence-corrected chi connectivity index (χ4v) is 3.35. The molecule has 0 saturated carbocycles. The molecule has 0 aliphatic rings. The second kappa shape index (κ2) is 6.58. The van der Waals surface area contributed by atoms with Crippen molar-refractivity contribution in [2.45, 2.75) is 27.7 Å². The van der Waals surface area contributed by atoms with Gasteiger partial charge in [0, 0.05) is 12.5 Å². The van der Waals surface area contributed by atoms with Crippen molar-refractivity contribution in [1.82, 2.24) is 4.57 Å². The zero-order valence-corrected chi connectivity index (χ0v) is 15.3. The van der Waals surface area contributed by atoms with Crippen LogP contribution in [0.4, 0.5) is 0 Å². The van der Waals surface area contributed by atoms with Gasteiger partial charge >= 0.3 is 0 Å². The van der Waals surface area contributed by atoms with E-state index in [4.69, 9.17) is 0 Å². The highest BCUT2D eigenvalue weighted by molar-refractivity contribution is 7.07. The van der Waals surface area contributed by atoms with Crippen molar-refractivity contribution in [3.8, 4) is 6.07 Å². The molecule has 0 aliphatic heterocycles. The molecule has 0 saturated heterocycles. The van der Waals surface area contributed by atoms with Crippen LogP contribution in [0, 0.1) is 23.7 Å². The van der Waals surface area contributed by atoms with E-state index in [2.05, 4.69) is 0 Å². The quantitative estimate of drug-likeness (QED) is 0.838. The van der Waals surface area contributed by atoms with Crippen LogP contribution in [0.1, 0.15) is 31.9 Å². The molecular formula is C19H20N2O2S. The molecule has 1 aromatic carbocycles. The molecule has 24 heavy (non-hydrogen) atoms. The lowest BCUT2D eigenvalue weighted by Gasteiger charge is -2.15. The van der Waals surface area contributed by atoms with Gasteiger partial charge in [0.2, 0.25) is 0 Å². The van der Waals surface area contributed by atoms with E-state index < -0.39 is 5.41 Å². The molecule has 0 unspecified atom stereocenters. The molecule has 0 aliphatic carbocycles. The van der Waals surface area contributed by atoms with E-state index in [1.54, 1.807) is 33.9 Å². The minimum absolute atomic E-state index is 0.0380. The zero-order chi connectivity index (χ0) is 18.1. The van der Waals surface area contributed by atoms with Crippen molar-refractivity contribution in [3.63, 3.8) is 0 Å². The van der Waals surface area contributed by atoms with E-state index in [9.17, 15) is 14.9 Å². The highest BCUT2D eigenvalue weighted by atomic mass is 32.1. The summed E-state index contributed by atoms with van der Waals surface area (Å²) < 4.78 is 2.29. The van der Waals surface area contributed by atoms with Gasteiger partial charge in [0.15, 0.2) is 5.78 Å². The summed E-state index contributed by atoms with van der Waals surface area (Å²) in [6, 6.07) is 9.79. The second-order valence-electron chi connectivity index (χ2n) is 6.76. The molecule has 0 fully saturated rings. The minimum atomic E-state index is -0.675. The molecule has 124 valence electrons. The molecule has 1 heterocycles. The molecule has 0 bridgehead atoms. The topological polar surface area (TPSA) is 62.9 Å². The first-order chi connectivity index (χ1) is 11.1. The largest absolute Gasteiger partial charge is 0.301 e. The maximum atomic E-state index is 12.5. The summed E-state index contributed by atoms with van der Waals surface area (Å²) in [7, 11) is 1.59. The first-order valence-corrected chi connectivity index (χ1v) is 8.40. The predicted molar refractivity (Wildman–Crippen MR) is 97.0 cm³/mol. The molecule has 0 atom stereocenters. The number of benzene rings is 1. The summed E-state index contributed by atoms with van der Waals surface area (Å²) in [5.41, 5.74) is 1.18. The molecular weight excluding hydrogens is 320 g/mol. The Kier molecular flexibility index (Phi) is 4.91. The average molecular weight is 340 g/mol. The standard InChI is InChI=1S/C19H20N2O2S/c1-12-7-6-8-13(9-12)10-15-17(23)21(5)18(24-15)14(11-20)16(22)19(2,3)4/h6-10H,1-5H3. The number of nitrogens with zero attached hydrogens (tertiary/aromatic N) is 2. The van der Waals surface area contributed by atoms with Gasteiger partial charge in [-0.3, -0.25) is 9.59 Å². The fourth-order valence-electron chi connectivity index (χ4n) is 2.27.